The number of hydrogen-bond acceptors (Lipinski definition) is 4. The molecule has 0 spiro atoms. The van der Waals surface area contributed by atoms with E-state index in [1.54, 1.807) is 24.4 Å². The number of para-hydroxylation sites is 1. The van der Waals surface area contributed by atoms with Crippen LogP contribution in [0.4, 0.5) is 0 Å². The van der Waals surface area contributed by atoms with Crippen molar-refractivity contribution in [3.63, 3.8) is 0 Å². The van der Waals surface area contributed by atoms with Crippen LogP contribution >= 0.6 is 0 Å². The first-order valence-corrected chi connectivity index (χ1v) is 8.74. The zero-order valence-electron chi connectivity index (χ0n) is 15.0. The van der Waals surface area contributed by atoms with E-state index in [0.717, 1.165) is 11.1 Å². The van der Waals surface area contributed by atoms with E-state index in [1.807, 2.05) is 43.3 Å². The maximum atomic E-state index is 12.9. The molecule has 1 aliphatic rings. The highest BCUT2D eigenvalue weighted by Crippen LogP contribution is 2.41. The Hall–Kier alpha value is -2.89. The standard InChI is InChI=1S/C20H23N3O3/c1-3-23-18(24)12-16(19(23)15-6-4-5-7-17(15)26-2)20(25)22-13-14-8-10-21-11-9-14/h4-11,16,19H,3,12-13H2,1-2H3,(H,22,25)/t16-,19+/m1/s1. The summed E-state index contributed by atoms with van der Waals surface area (Å²) >= 11 is 0. The summed E-state index contributed by atoms with van der Waals surface area (Å²) in [6, 6.07) is 11.0. The first-order valence-electron chi connectivity index (χ1n) is 8.74. The second-order valence-electron chi connectivity index (χ2n) is 6.25. The number of rotatable bonds is 6. The molecule has 3 rings (SSSR count). The number of methoxy groups -OCH3 is 1. The molecule has 6 heteroatoms. The summed E-state index contributed by atoms with van der Waals surface area (Å²) < 4.78 is 5.47. The predicted octanol–water partition coefficient (Wildman–Crippen LogP) is 2.32. The third-order valence-electron chi connectivity index (χ3n) is 4.78. The van der Waals surface area contributed by atoms with Crippen LogP contribution in [0.25, 0.3) is 0 Å². The van der Waals surface area contributed by atoms with E-state index >= 15 is 0 Å². The first kappa shape index (κ1) is 17.9. The van der Waals surface area contributed by atoms with E-state index in [-0.39, 0.29) is 24.3 Å². The minimum Gasteiger partial charge on any atom is -0.496 e. The second kappa shape index (κ2) is 7.99. The second-order valence-corrected chi connectivity index (χ2v) is 6.25. The Morgan fingerprint density at radius 1 is 1.27 bits per heavy atom. The molecule has 0 saturated carbocycles. The number of nitrogens with one attached hydrogen (secondary N) is 1. The molecule has 2 atom stereocenters. The van der Waals surface area contributed by atoms with Gasteiger partial charge >= 0.3 is 0 Å². The van der Waals surface area contributed by atoms with E-state index in [0.29, 0.717) is 18.8 Å². The number of pyridine rings is 1. The van der Waals surface area contributed by atoms with Crippen LogP contribution in [0.1, 0.15) is 30.5 Å². The number of nitrogens with zero attached hydrogens (tertiary/aromatic N) is 2. The maximum absolute atomic E-state index is 12.9. The molecular formula is C20H23N3O3. The van der Waals surface area contributed by atoms with Gasteiger partial charge in [0.15, 0.2) is 0 Å². The van der Waals surface area contributed by atoms with Crippen molar-refractivity contribution in [2.45, 2.75) is 25.9 Å². The molecule has 2 heterocycles. The molecule has 136 valence electrons. The van der Waals surface area contributed by atoms with Crippen LogP contribution in [-0.4, -0.2) is 35.4 Å². The Bertz CT molecular complexity index is 779. The average molecular weight is 353 g/mol. The number of hydrogen-bond donors (Lipinski definition) is 1. The van der Waals surface area contributed by atoms with E-state index in [2.05, 4.69) is 10.3 Å². The lowest BCUT2D eigenvalue weighted by molar-refractivity contribution is -0.129. The van der Waals surface area contributed by atoms with E-state index in [9.17, 15) is 9.59 Å². The monoisotopic (exact) mass is 353 g/mol. The molecule has 2 amide bonds. The molecule has 1 aliphatic heterocycles. The van der Waals surface area contributed by atoms with Gasteiger partial charge in [0.1, 0.15) is 5.75 Å². The van der Waals surface area contributed by atoms with Crippen molar-refractivity contribution < 1.29 is 14.3 Å². The third-order valence-corrected chi connectivity index (χ3v) is 4.78. The topological polar surface area (TPSA) is 71.5 Å². The van der Waals surface area contributed by atoms with Crippen LogP contribution in [0.15, 0.2) is 48.8 Å². The van der Waals surface area contributed by atoms with Gasteiger partial charge in [0.05, 0.1) is 19.1 Å². The Morgan fingerprint density at radius 3 is 2.69 bits per heavy atom. The highest BCUT2D eigenvalue weighted by Gasteiger charge is 2.44. The summed E-state index contributed by atoms with van der Waals surface area (Å²) in [4.78, 5) is 31.1. The van der Waals surface area contributed by atoms with Gasteiger partial charge in [-0.25, -0.2) is 0 Å². The number of aromatic nitrogens is 1. The Labute approximate surface area is 153 Å². The van der Waals surface area contributed by atoms with Crippen LogP contribution in [0.2, 0.25) is 0 Å². The Morgan fingerprint density at radius 2 is 2.00 bits per heavy atom. The highest BCUT2D eigenvalue weighted by atomic mass is 16.5. The maximum Gasteiger partial charge on any atom is 0.226 e. The third kappa shape index (κ3) is 3.54. The van der Waals surface area contributed by atoms with Crippen molar-refractivity contribution >= 4 is 11.8 Å². The quantitative estimate of drug-likeness (QED) is 0.865. The first-order chi connectivity index (χ1) is 12.7. The van der Waals surface area contributed by atoms with E-state index < -0.39 is 5.92 Å². The van der Waals surface area contributed by atoms with Gasteiger partial charge in [0.2, 0.25) is 11.8 Å². The lowest BCUT2D eigenvalue weighted by Gasteiger charge is -2.28. The highest BCUT2D eigenvalue weighted by molar-refractivity contribution is 5.90. The van der Waals surface area contributed by atoms with Gasteiger partial charge < -0.3 is 15.0 Å². The van der Waals surface area contributed by atoms with Gasteiger partial charge in [0.25, 0.3) is 0 Å². The van der Waals surface area contributed by atoms with E-state index in [1.165, 1.54) is 0 Å². The normalized spacial score (nSPS) is 19.5. The van der Waals surface area contributed by atoms with Crippen LogP contribution in [0, 0.1) is 5.92 Å². The van der Waals surface area contributed by atoms with Gasteiger partial charge in [-0.3, -0.25) is 14.6 Å². The Balaban J connectivity index is 1.84. The fraction of sp³-hybridized carbons (Fsp3) is 0.350. The molecule has 1 fully saturated rings. The molecular weight excluding hydrogens is 330 g/mol. The summed E-state index contributed by atoms with van der Waals surface area (Å²) in [7, 11) is 1.60. The predicted molar refractivity (Wildman–Crippen MR) is 97.3 cm³/mol. The lowest BCUT2D eigenvalue weighted by atomic mass is 9.92. The molecule has 1 aromatic carbocycles. The van der Waals surface area contributed by atoms with Crippen LogP contribution < -0.4 is 10.1 Å². The summed E-state index contributed by atoms with van der Waals surface area (Å²) in [6.07, 6.45) is 3.59. The zero-order chi connectivity index (χ0) is 18.5. The van der Waals surface area contributed by atoms with Crippen LogP contribution in [0.3, 0.4) is 0 Å². The SMILES string of the molecule is CCN1C(=O)C[C@@H](C(=O)NCc2ccncc2)[C@@H]1c1ccccc1OC. The molecule has 0 bridgehead atoms. The smallest absolute Gasteiger partial charge is 0.226 e. The molecule has 1 saturated heterocycles. The average Bonchev–Trinajstić information content (AvgIpc) is 3.03. The van der Waals surface area contributed by atoms with Gasteiger partial charge in [-0.05, 0) is 30.7 Å². The van der Waals surface area contributed by atoms with Crippen molar-refractivity contribution in [1.82, 2.24) is 15.2 Å². The molecule has 0 radical (unpaired) electrons. The lowest BCUT2D eigenvalue weighted by Crippen LogP contribution is -2.35. The van der Waals surface area contributed by atoms with Gasteiger partial charge in [-0.15, -0.1) is 0 Å². The van der Waals surface area contributed by atoms with Crippen molar-refractivity contribution in [2.24, 2.45) is 5.92 Å². The molecule has 1 N–H and O–H groups in total. The minimum absolute atomic E-state index is 0.00697. The number of ether oxygens (including phenoxy) is 1. The van der Waals surface area contributed by atoms with Gasteiger partial charge in [-0.1, -0.05) is 18.2 Å². The number of amides is 2. The molecule has 0 unspecified atom stereocenters. The summed E-state index contributed by atoms with van der Waals surface area (Å²) in [6.45, 7) is 2.89. The fourth-order valence-corrected chi connectivity index (χ4v) is 3.51. The fourth-order valence-electron chi connectivity index (χ4n) is 3.51. The van der Waals surface area contributed by atoms with Gasteiger partial charge in [-0.2, -0.15) is 0 Å². The largest absolute Gasteiger partial charge is 0.496 e. The summed E-state index contributed by atoms with van der Waals surface area (Å²) in [5.41, 5.74) is 1.84. The Kier molecular flexibility index (Phi) is 5.51. The van der Waals surface area contributed by atoms with Crippen molar-refractivity contribution in [3.8, 4) is 5.75 Å². The van der Waals surface area contributed by atoms with Gasteiger partial charge in [0, 0.05) is 37.5 Å². The van der Waals surface area contributed by atoms with Crippen molar-refractivity contribution in [2.75, 3.05) is 13.7 Å². The molecule has 6 nitrogen and oxygen atoms in total. The zero-order valence-corrected chi connectivity index (χ0v) is 15.0. The number of likely N-dealkylation sites (tertiary alicyclic amines) is 1. The van der Waals surface area contributed by atoms with Crippen molar-refractivity contribution in [1.29, 1.82) is 0 Å². The number of carbonyl (C=O) groups excluding carboxylic acids is 2. The number of benzene rings is 1. The van der Waals surface area contributed by atoms with E-state index in [4.69, 9.17) is 4.74 Å². The van der Waals surface area contributed by atoms with Crippen molar-refractivity contribution in [3.05, 3.63) is 59.9 Å². The molecule has 0 aliphatic carbocycles. The number of carbonyl (C=O) groups is 2. The summed E-state index contributed by atoms with van der Waals surface area (Å²) in [5.74, 6) is 0.118. The minimum atomic E-state index is -0.444. The van der Waals surface area contributed by atoms with Crippen LogP contribution in [0.5, 0.6) is 5.75 Å². The molecule has 2 aromatic rings. The molecule has 26 heavy (non-hydrogen) atoms. The van der Waals surface area contributed by atoms with Crippen LogP contribution in [-0.2, 0) is 16.1 Å². The summed E-state index contributed by atoms with van der Waals surface area (Å²) in [5, 5.41) is 2.96. The molecule has 1 aromatic heterocycles.